The van der Waals surface area contributed by atoms with E-state index in [-0.39, 0.29) is 5.91 Å². The molecule has 0 radical (unpaired) electrons. The largest absolute Gasteiger partial charge is 0.322 e. The molecule has 0 aliphatic rings. The standard InChI is InChI=1S/C21H25NO/c1-5-18-8-6-7-16(4)21(18)22-20(23)14-11-17-9-12-19(13-10-17)15(2)3/h6-15H,5H2,1-4H3,(H,22,23). The van der Waals surface area contributed by atoms with Gasteiger partial charge in [-0.15, -0.1) is 0 Å². The molecular formula is C21H25NO. The van der Waals surface area contributed by atoms with Crippen LogP contribution < -0.4 is 5.32 Å². The summed E-state index contributed by atoms with van der Waals surface area (Å²) in [5, 5.41) is 3.00. The van der Waals surface area contributed by atoms with Crippen LogP contribution in [0, 0.1) is 6.92 Å². The third-order valence-electron chi connectivity index (χ3n) is 4.02. The summed E-state index contributed by atoms with van der Waals surface area (Å²) >= 11 is 0. The van der Waals surface area contributed by atoms with Gasteiger partial charge in [-0.1, -0.05) is 63.2 Å². The maximum absolute atomic E-state index is 12.2. The van der Waals surface area contributed by atoms with Crippen LogP contribution in [0.1, 0.15) is 48.9 Å². The van der Waals surface area contributed by atoms with E-state index in [0.29, 0.717) is 5.92 Å². The molecule has 2 rings (SSSR count). The lowest BCUT2D eigenvalue weighted by atomic mass is 10.0. The Labute approximate surface area is 139 Å². The minimum atomic E-state index is -0.0954. The number of amides is 1. The van der Waals surface area contributed by atoms with E-state index < -0.39 is 0 Å². The van der Waals surface area contributed by atoms with Gasteiger partial charge in [0.15, 0.2) is 0 Å². The van der Waals surface area contributed by atoms with Crippen molar-refractivity contribution in [1.29, 1.82) is 0 Å². The third-order valence-corrected chi connectivity index (χ3v) is 4.02. The average Bonchev–Trinajstić information content (AvgIpc) is 2.55. The number of rotatable bonds is 5. The highest BCUT2D eigenvalue weighted by Crippen LogP contribution is 2.21. The summed E-state index contributed by atoms with van der Waals surface area (Å²) in [4.78, 5) is 12.2. The SMILES string of the molecule is CCc1cccc(C)c1NC(=O)C=Cc1ccc(C(C)C)cc1. The molecule has 2 heteroatoms. The molecule has 2 nitrogen and oxygen atoms in total. The van der Waals surface area contributed by atoms with Gasteiger partial charge >= 0.3 is 0 Å². The molecule has 0 saturated heterocycles. The molecule has 0 aromatic heterocycles. The summed E-state index contributed by atoms with van der Waals surface area (Å²) < 4.78 is 0. The van der Waals surface area contributed by atoms with Crippen molar-refractivity contribution in [3.8, 4) is 0 Å². The summed E-state index contributed by atoms with van der Waals surface area (Å²) in [6, 6.07) is 14.4. The van der Waals surface area contributed by atoms with Crippen LogP contribution >= 0.6 is 0 Å². The zero-order valence-electron chi connectivity index (χ0n) is 14.4. The molecule has 0 unspecified atom stereocenters. The van der Waals surface area contributed by atoms with Crippen molar-refractivity contribution in [2.24, 2.45) is 0 Å². The van der Waals surface area contributed by atoms with Gasteiger partial charge < -0.3 is 5.32 Å². The van der Waals surface area contributed by atoms with Crippen LogP contribution in [-0.4, -0.2) is 5.91 Å². The average molecular weight is 307 g/mol. The van der Waals surface area contributed by atoms with Gasteiger partial charge in [-0.2, -0.15) is 0 Å². The summed E-state index contributed by atoms with van der Waals surface area (Å²) in [6.45, 7) is 8.46. The number of nitrogens with one attached hydrogen (secondary N) is 1. The highest BCUT2D eigenvalue weighted by Gasteiger charge is 2.06. The van der Waals surface area contributed by atoms with Crippen molar-refractivity contribution in [1.82, 2.24) is 0 Å². The van der Waals surface area contributed by atoms with E-state index in [2.05, 4.69) is 44.3 Å². The third kappa shape index (κ3) is 4.56. The number of carbonyl (C=O) groups is 1. The fraction of sp³-hybridized carbons (Fsp3) is 0.286. The zero-order valence-corrected chi connectivity index (χ0v) is 14.4. The zero-order chi connectivity index (χ0) is 16.8. The maximum atomic E-state index is 12.2. The number of benzene rings is 2. The van der Waals surface area contributed by atoms with Crippen LogP contribution in [0.25, 0.3) is 6.08 Å². The Kier molecular flexibility index (Phi) is 5.75. The van der Waals surface area contributed by atoms with Gasteiger partial charge in [0, 0.05) is 11.8 Å². The van der Waals surface area contributed by atoms with Crippen LogP contribution in [0.4, 0.5) is 5.69 Å². The van der Waals surface area contributed by atoms with Gasteiger partial charge in [0.2, 0.25) is 5.91 Å². The smallest absolute Gasteiger partial charge is 0.248 e. The molecule has 0 bridgehead atoms. The van der Waals surface area contributed by atoms with Gasteiger partial charge in [-0.05, 0) is 47.6 Å². The van der Waals surface area contributed by atoms with E-state index in [1.54, 1.807) is 6.08 Å². The predicted octanol–water partition coefficient (Wildman–Crippen LogP) is 5.33. The second-order valence-electron chi connectivity index (χ2n) is 6.11. The molecule has 0 atom stereocenters. The van der Waals surface area contributed by atoms with Gasteiger partial charge in [0.05, 0.1) is 0 Å². The van der Waals surface area contributed by atoms with Crippen LogP contribution in [0.3, 0.4) is 0 Å². The Morgan fingerprint density at radius 2 is 1.83 bits per heavy atom. The van der Waals surface area contributed by atoms with E-state index in [0.717, 1.165) is 28.8 Å². The number of para-hydroxylation sites is 1. The lowest BCUT2D eigenvalue weighted by Gasteiger charge is -2.11. The van der Waals surface area contributed by atoms with E-state index in [1.807, 2.05) is 37.3 Å². The van der Waals surface area contributed by atoms with E-state index in [9.17, 15) is 4.79 Å². The van der Waals surface area contributed by atoms with E-state index >= 15 is 0 Å². The van der Waals surface area contributed by atoms with Crippen LogP contribution in [0.5, 0.6) is 0 Å². The molecule has 0 spiro atoms. The molecule has 23 heavy (non-hydrogen) atoms. The molecule has 1 amide bonds. The Hall–Kier alpha value is -2.35. The number of anilines is 1. The molecule has 2 aromatic rings. The van der Waals surface area contributed by atoms with E-state index in [4.69, 9.17) is 0 Å². The Morgan fingerprint density at radius 3 is 2.43 bits per heavy atom. The van der Waals surface area contributed by atoms with Crippen molar-refractivity contribution >= 4 is 17.7 Å². The molecule has 0 heterocycles. The molecule has 0 aliphatic heterocycles. The van der Waals surface area contributed by atoms with Crippen molar-refractivity contribution in [2.75, 3.05) is 5.32 Å². The van der Waals surface area contributed by atoms with Crippen LogP contribution in [-0.2, 0) is 11.2 Å². The quantitative estimate of drug-likeness (QED) is 0.743. The molecule has 1 N–H and O–H groups in total. The molecule has 0 aliphatic carbocycles. The number of aryl methyl sites for hydroxylation is 2. The summed E-state index contributed by atoms with van der Waals surface area (Å²) in [6.07, 6.45) is 4.34. The lowest BCUT2D eigenvalue weighted by molar-refractivity contribution is -0.111. The maximum Gasteiger partial charge on any atom is 0.248 e. The molecule has 2 aromatic carbocycles. The topological polar surface area (TPSA) is 29.1 Å². The predicted molar refractivity (Wildman–Crippen MR) is 98.8 cm³/mol. The summed E-state index contributed by atoms with van der Waals surface area (Å²) in [7, 11) is 0. The Bertz CT molecular complexity index is 696. The number of carbonyl (C=O) groups excluding carboxylic acids is 1. The fourth-order valence-corrected chi connectivity index (χ4v) is 2.53. The minimum Gasteiger partial charge on any atom is -0.322 e. The summed E-state index contributed by atoms with van der Waals surface area (Å²) in [5.41, 5.74) is 5.52. The van der Waals surface area contributed by atoms with Gasteiger partial charge in [-0.3, -0.25) is 4.79 Å². The lowest BCUT2D eigenvalue weighted by Crippen LogP contribution is -2.11. The van der Waals surface area contributed by atoms with Crippen LogP contribution in [0.2, 0.25) is 0 Å². The van der Waals surface area contributed by atoms with Gasteiger partial charge in [0.1, 0.15) is 0 Å². The normalized spacial score (nSPS) is 11.2. The first-order valence-electron chi connectivity index (χ1n) is 8.18. The van der Waals surface area contributed by atoms with Crippen molar-refractivity contribution in [3.05, 3.63) is 70.8 Å². The van der Waals surface area contributed by atoms with E-state index in [1.165, 1.54) is 5.56 Å². The van der Waals surface area contributed by atoms with Gasteiger partial charge in [-0.25, -0.2) is 0 Å². The molecular weight excluding hydrogens is 282 g/mol. The number of hydrogen-bond donors (Lipinski definition) is 1. The minimum absolute atomic E-state index is 0.0954. The van der Waals surface area contributed by atoms with Gasteiger partial charge in [0.25, 0.3) is 0 Å². The molecule has 0 saturated carbocycles. The molecule has 0 fully saturated rings. The fourth-order valence-electron chi connectivity index (χ4n) is 2.53. The van der Waals surface area contributed by atoms with Crippen molar-refractivity contribution < 1.29 is 4.79 Å². The Balaban J connectivity index is 2.07. The Morgan fingerprint density at radius 1 is 1.13 bits per heavy atom. The molecule has 120 valence electrons. The summed E-state index contributed by atoms with van der Waals surface area (Å²) in [5.74, 6) is 0.423. The first-order chi connectivity index (χ1) is 11.0. The van der Waals surface area contributed by atoms with Crippen LogP contribution in [0.15, 0.2) is 48.5 Å². The second-order valence-corrected chi connectivity index (χ2v) is 6.11. The van der Waals surface area contributed by atoms with Crippen molar-refractivity contribution in [2.45, 2.75) is 40.0 Å². The first kappa shape index (κ1) is 17.0. The highest BCUT2D eigenvalue weighted by molar-refractivity contribution is 6.02. The highest BCUT2D eigenvalue weighted by atomic mass is 16.1. The second kappa shape index (κ2) is 7.77. The first-order valence-corrected chi connectivity index (χ1v) is 8.18. The number of hydrogen-bond acceptors (Lipinski definition) is 1. The van der Waals surface area contributed by atoms with Crippen molar-refractivity contribution in [3.63, 3.8) is 0 Å². The monoisotopic (exact) mass is 307 g/mol.